The molecule has 4 atom stereocenters. The molecule has 6 nitrogen and oxygen atoms in total. The number of nitrogens with one attached hydrogen (secondary N) is 1. The third-order valence-electron chi connectivity index (χ3n) is 2.80. The number of hydrogen-bond acceptors (Lipinski definition) is 6. The quantitative estimate of drug-likeness (QED) is 0.347. The lowest BCUT2D eigenvalue weighted by molar-refractivity contribution is -0.245. The van der Waals surface area contributed by atoms with E-state index in [-0.39, 0.29) is 0 Å². The number of rotatable bonds is 6. The second kappa shape index (κ2) is 5.90. The van der Waals surface area contributed by atoms with Gasteiger partial charge in [0.05, 0.1) is 6.61 Å². The van der Waals surface area contributed by atoms with Crippen LogP contribution in [0.2, 0.25) is 0 Å². The van der Waals surface area contributed by atoms with Crippen molar-refractivity contribution in [3.8, 4) is 0 Å². The van der Waals surface area contributed by atoms with Gasteiger partial charge >= 0.3 is 0 Å². The van der Waals surface area contributed by atoms with Crippen molar-refractivity contribution in [2.45, 2.75) is 43.9 Å². The maximum Gasteiger partial charge on any atom is 0.219 e. The molecule has 96 valence electrons. The number of unbranched alkanes of at least 4 members (excludes halogenated alkanes) is 1. The molecule has 0 spiro atoms. The molecule has 6 heteroatoms. The molecule has 1 aliphatic rings. The van der Waals surface area contributed by atoms with Crippen LogP contribution in [0.5, 0.6) is 0 Å². The predicted octanol–water partition coefficient (Wildman–Crippen LogP) is -1.82. The Morgan fingerprint density at radius 2 is 2.06 bits per heavy atom. The normalized spacial score (nSPS) is 39.2. The monoisotopic (exact) mass is 235 g/mol. The largest absolute Gasteiger partial charge is 0.391 e. The van der Waals surface area contributed by atoms with Gasteiger partial charge in [-0.15, -0.1) is 0 Å². The first kappa shape index (κ1) is 13.8. The van der Waals surface area contributed by atoms with Crippen LogP contribution in [0.25, 0.3) is 0 Å². The van der Waals surface area contributed by atoms with E-state index in [1.165, 1.54) is 0 Å². The van der Waals surface area contributed by atoms with Crippen LogP contribution in [0.15, 0.2) is 0 Å². The van der Waals surface area contributed by atoms with Crippen LogP contribution in [0.3, 0.4) is 0 Å². The van der Waals surface area contributed by atoms with Crippen molar-refractivity contribution in [2.75, 3.05) is 19.7 Å². The smallest absolute Gasteiger partial charge is 0.219 e. The summed E-state index contributed by atoms with van der Waals surface area (Å²) in [4.78, 5) is 0. The first-order valence-electron chi connectivity index (χ1n) is 5.63. The van der Waals surface area contributed by atoms with E-state index >= 15 is 0 Å². The third kappa shape index (κ3) is 2.91. The Bertz CT molecular complexity index is 215. The first-order chi connectivity index (χ1) is 7.55. The molecule has 1 rings (SSSR count). The summed E-state index contributed by atoms with van der Waals surface area (Å²) in [6, 6.07) is 0. The molecule has 0 aromatic carbocycles. The first-order valence-corrected chi connectivity index (χ1v) is 5.63. The molecule has 1 heterocycles. The molecule has 1 fully saturated rings. The molecular formula is C10H21NO5. The van der Waals surface area contributed by atoms with E-state index in [9.17, 15) is 15.3 Å². The van der Waals surface area contributed by atoms with Crippen molar-refractivity contribution >= 4 is 0 Å². The molecule has 1 aliphatic heterocycles. The molecule has 5 N–H and O–H groups in total. The summed E-state index contributed by atoms with van der Waals surface area (Å²) < 4.78 is 5.05. The fourth-order valence-electron chi connectivity index (χ4n) is 1.71. The van der Waals surface area contributed by atoms with Crippen LogP contribution in [0, 0.1) is 0 Å². The van der Waals surface area contributed by atoms with Crippen LogP contribution in [-0.2, 0) is 4.74 Å². The van der Waals surface area contributed by atoms with Gasteiger partial charge in [0.25, 0.3) is 0 Å². The SMILES string of the molecule is CCCCNC[C@H]1O[C@@](O)(CO)[C@H](O)[C@H]1O. The van der Waals surface area contributed by atoms with E-state index in [0.717, 1.165) is 19.4 Å². The van der Waals surface area contributed by atoms with Crippen molar-refractivity contribution in [1.29, 1.82) is 0 Å². The highest BCUT2D eigenvalue weighted by atomic mass is 16.7. The third-order valence-corrected chi connectivity index (χ3v) is 2.80. The second-order valence-corrected chi connectivity index (χ2v) is 4.15. The van der Waals surface area contributed by atoms with Crippen LogP contribution >= 0.6 is 0 Å². The molecule has 0 aliphatic carbocycles. The summed E-state index contributed by atoms with van der Waals surface area (Å²) in [5, 5.41) is 40.6. The summed E-state index contributed by atoms with van der Waals surface area (Å²) in [7, 11) is 0. The minimum Gasteiger partial charge on any atom is -0.391 e. The van der Waals surface area contributed by atoms with Crippen LogP contribution in [0.4, 0.5) is 0 Å². The van der Waals surface area contributed by atoms with Crippen molar-refractivity contribution < 1.29 is 25.2 Å². The number of hydrogen-bond donors (Lipinski definition) is 5. The standard InChI is InChI=1S/C10H21NO5/c1-2-3-4-11-5-7-8(13)9(14)10(15,6-12)16-7/h7-9,11-15H,2-6H2,1H3/t7-,8+,9-,10+/m1/s1. The molecule has 1 saturated heterocycles. The van der Waals surface area contributed by atoms with Crippen molar-refractivity contribution in [3.05, 3.63) is 0 Å². The van der Waals surface area contributed by atoms with Gasteiger partial charge in [-0.05, 0) is 13.0 Å². The van der Waals surface area contributed by atoms with E-state index in [1.807, 2.05) is 0 Å². The molecule has 0 aromatic rings. The fourth-order valence-corrected chi connectivity index (χ4v) is 1.71. The van der Waals surface area contributed by atoms with Gasteiger partial charge in [-0.3, -0.25) is 0 Å². The minimum absolute atomic E-state index is 0.334. The topological polar surface area (TPSA) is 102 Å². The zero-order valence-electron chi connectivity index (χ0n) is 9.46. The highest BCUT2D eigenvalue weighted by molar-refractivity contribution is 4.95. The van der Waals surface area contributed by atoms with Crippen molar-refractivity contribution in [3.63, 3.8) is 0 Å². The second-order valence-electron chi connectivity index (χ2n) is 4.15. The van der Waals surface area contributed by atoms with Gasteiger partial charge in [0.2, 0.25) is 5.79 Å². The Labute approximate surface area is 94.9 Å². The zero-order chi connectivity index (χ0) is 12.2. The molecule has 0 bridgehead atoms. The Hall–Kier alpha value is -0.240. The van der Waals surface area contributed by atoms with Crippen molar-refractivity contribution in [2.24, 2.45) is 0 Å². The van der Waals surface area contributed by atoms with Gasteiger partial charge in [0, 0.05) is 6.54 Å². The molecule has 0 radical (unpaired) electrons. The molecular weight excluding hydrogens is 214 g/mol. The zero-order valence-corrected chi connectivity index (χ0v) is 9.46. The highest BCUT2D eigenvalue weighted by Gasteiger charge is 2.52. The number of ether oxygens (including phenoxy) is 1. The van der Waals surface area contributed by atoms with Gasteiger partial charge in [-0.1, -0.05) is 13.3 Å². The van der Waals surface area contributed by atoms with E-state index in [0.29, 0.717) is 6.54 Å². The van der Waals surface area contributed by atoms with Crippen LogP contribution < -0.4 is 5.32 Å². The molecule has 16 heavy (non-hydrogen) atoms. The van der Waals surface area contributed by atoms with Gasteiger partial charge in [-0.2, -0.15) is 0 Å². The Morgan fingerprint density at radius 1 is 1.38 bits per heavy atom. The van der Waals surface area contributed by atoms with Gasteiger partial charge in [-0.25, -0.2) is 0 Å². The summed E-state index contributed by atoms with van der Waals surface area (Å²) in [5.41, 5.74) is 0. The van der Waals surface area contributed by atoms with E-state index < -0.39 is 30.7 Å². The maximum absolute atomic E-state index is 9.60. The lowest BCUT2D eigenvalue weighted by atomic mass is 10.1. The van der Waals surface area contributed by atoms with Crippen LogP contribution in [-0.4, -0.2) is 64.2 Å². The summed E-state index contributed by atoms with van der Waals surface area (Å²) in [6.45, 7) is 2.45. The molecule has 0 unspecified atom stereocenters. The summed E-state index contributed by atoms with van der Waals surface area (Å²) in [6.07, 6.45) is -1.30. The average Bonchev–Trinajstić information content (AvgIpc) is 2.50. The summed E-state index contributed by atoms with van der Waals surface area (Å²) in [5.74, 6) is -2.05. The number of aliphatic hydroxyl groups excluding tert-OH is 3. The fraction of sp³-hybridized carbons (Fsp3) is 1.00. The van der Waals surface area contributed by atoms with Gasteiger partial charge < -0.3 is 30.5 Å². The lowest BCUT2D eigenvalue weighted by Gasteiger charge is -2.22. The highest BCUT2D eigenvalue weighted by Crippen LogP contribution is 2.28. The molecule has 0 amide bonds. The van der Waals surface area contributed by atoms with E-state index in [1.54, 1.807) is 0 Å². The van der Waals surface area contributed by atoms with Gasteiger partial charge in [0.15, 0.2) is 0 Å². The Balaban J connectivity index is 2.39. The molecule has 0 aromatic heterocycles. The Morgan fingerprint density at radius 3 is 2.56 bits per heavy atom. The van der Waals surface area contributed by atoms with Crippen molar-refractivity contribution in [1.82, 2.24) is 5.32 Å². The van der Waals surface area contributed by atoms with Gasteiger partial charge in [0.1, 0.15) is 18.3 Å². The molecule has 0 saturated carbocycles. The maximum atomic E-state index is 9.60. The number of aliphatic hydroxyl groups is 4. The van der Waals surface area contributed by atoms with E-state index in [4.69, 9.17) is 9.84 Å². The Kier molecular flexibility index (Phi) is 5.10. The predicted molar refractivity (Wildman–Crippen MR) is 56.7 cm³/mol. The lowest BCUT2D eigenvalue weighted by Crippen LogP contribution is -2.46. The van der Waals surface area contributed by atoms with E-state index in [2.05, 4.69) is 12.2 Å². The average molecular weight is 235 g/mol. The van der Waals surface area contributed by atoms with Crippen LogP contribution in [0.1, 0.15) is 19.8 Å². The summed E-state index contributed by atoms with van der Waals surface area (Å²) >= 11 is 0. The minimum atomic E-state index is -2.05.